The van der Waals surface area contributed by atoms with E-state index in [1.54, 1.807) is 0 Å². The summed E-state index contributed by atoms with van der Waals surface area (Å²) in [6.07, 6.45) is 0. The van der Waals surface area contributed by atoms with Crippen molar-refractivity contribution < 1.29 is 23.5 Å². The molecule has 0 N–H and O–H groups in total. The largest absolute Gasteiger partial charge is 0.463 e. The third-order valence-corrected chi connectivity index (χ3v) is 1.20. The number of hydrogen-bond acceptors (Lipinski definition) is 6. The molecule has 13 heavy (non-hydrogen) atoms. The van der Waals surface area contributed by atoms with Crippen LogP contribution in [0.5, 0.6) is 5.88 Å². The highest BCUT2D eigenvalue weighted by Gasteiger charge is 2.13. The van der Waals surface area contributed by atoms with Crippen LogP contribution in [0, 0.1) is 0 Å². The van der Waals surface area contributed by atoms with Gasteiger partial charge in [0.15, 0.2) is 6.79 Å². The first-order valence-corrected chi connectivity index (χ1v) is 3.44. The first-order valence-electron chi connectivity index (χ1n) is 3.44. The Kier molecular flexibility index (Phi) is 3.27. The van der Waals surface area contributed by atoms with E-state index in [2.05, 4.69) is 19.2 Å². The monoisotopic (exact) mass is 187 g/mol. The normalized spacial score (nSPS) is 9.69. The van der Waals surface area contributed by atoms with Crippen molar-refractivity contribution in [3.63, 3.8) is 0 Å². The number of hydrogen-bond donors (Lipinski definition) is 0. The number of rotatable bonds is 4. The van der Waals surface area contributed by atoms with Crippen LogP contribution < -0.4 is 4.74 Å². The van der Waals surface area contributed by atoms with Gasteiger partial charge in [-0.1, -0.05) is 0 Å². The summed E-state index contributed by atoms with van der Waals surface area (Å²) in [5, 5.41) is 3.44. The molecule has 1 aromatic rings. The average molecular weight is 187 g/mol. The zero-order chi connectivity index (χ0) is 9.68. The van der Waals surface area contributed by atoms with Gasteiger partial charge in [0.05, 0.1) is 13.2 Å². The minimum absolute atomic E-state index is 0.00592. The van der Waals surface area contributed by atoms with E-state index < -0.39 is 5.97 Å². The minimum Gasteiger partial charge on any atom is -0.463 e. The van der Waals surface area contributed by atoms with Gasteiger partial charge in [-0.25, -0.2) is 4.79 Å². The van der Waals surface area contributed by atoms with Crippen LogP contribution in [0.15, 0.2) is 10.6 Å². The Balaban J connectivity index is 2.58. The molecule has 0 amide bonds. The van der Waals surface area contributed by atoms with E-state index >= 15 is 0 Å². The highest BCUT2D eigenvalue weighted by atomic mass is 16.7. The smallest absolute Gasteiger partial charge is 0.377 e. The Morgan fingerprint density at radius 3 is 3.00 bits per heavy atom. The van der Waals surface area contributed by atoms with Crippen molar-refractivity contribution in [2.45, 2.75) is 0 Å². The lowest BCUT2D eigenvalue weighted by molar-refractivity contribution is 0.0450. The maximum absolute atomic E-state index is 10.9. The van der Waals surface area contributed by atoms with Gasteiger partial charge < -0.3 is 18.7 Å². The maximum Gasteiger partial charge on any atom is 0.377 e. The Bertz CT molecular complexity index is 282. The van der Waals surface area contributed by atoms with Crippen LogP contribution >= 0.6 is 0 Å². The Hall–Kier alpha value is -1.56. The predicted octanol–water partition coefficient (Wildman–Crippen LogP) is 0.444. The topological polar surface area (TPSA) is 70.8 Å². The SMILES string of the molecule is COCOc1cc(C(=O)OC)on1. The molecule has 0 radical (unpaired) electrons. The number of carbonyl (C=O) groups is 1. The summed E-state index contributed by atoms with van der Waals surface area (Å²) in [5.41, 5.74) is 0. The molecule has 0 unspecified atom stereocenters. The fraction of sp³-hybridized carbons (Fsp3) is 0.429. The molecule has 0 fully saturated rings. The first-order chi connectivity index (χ1) is 6.27. The molecule has 6 nitrogen and oxygen atoms in total. The Morgan fingerprint density at radius 2 is 2.38 bits per heavy atom. The van der Waals surface area contributed by atoms with Crippen molar-refractivity contribution in [2.24, 2.45) is 0 Å². The van der Waals surface area contributed by atoms with E-state index in [4.69, 9.17) is 4.74 Å². The number of methoxy groups -OCH3 is 2. The molecule has 0 atom stereocenters. The number of aromatic nitrogens is 1. The van der Waals surface area contributed by atoms with Gasteiger partial charge >= 0.3 is 5.97 Å². The van der Waals surface area contributed by atoms with Crippen LogP contribution in [0.25, 0.3) is 0 Å². The molecular formula is C7H9NO5. The summed E-state index contributed by atoms with van der Waals surface area (Å²) >= 11 is 0. The quantitative estimate of drug-likeness (QED) is 0.503. The van der Waals surface area contributed by atoms with E-state index in [1.165, 1.54) is 20.3 Å². The van der Waals surface area contributed by atoms with Crippen molar-refractivity contribution in [3.05, 3.63) is 11.8 Å². The molecule has 0 aliphatic heterocycles. The molecule has 0 saturated heterocycles. The summed E-state index contributed by atoms with van der Waals surface area (Å²) in [6, 6.07) is 1.32. The lowest BCUT2D eigenvalue weighted by Crippen LogP contribution is -1.99. The van der Waals surface area contributed by atoms with Crippen molar-refractivity contribution in [1.29, 1.82) is 0 Å². The van der Waals surface area contributed by atoms with Gasteiger partial charge in [0.2, 0.25) is 5.76 Å². The fourth-order valence-corrected chi connectivity index (χ4v) is 0.643. The molecule has 1 heterocycles. The molecule has 0 aliphatic carbocycles. The highest BCUT2D eigenvalue weighted by molar-refractivity contribution is 5.86. The summed E-state index contributed by atoms with van der Waals surface area (Å²) < 4.78 is 18.5. The highest BCUT2D eigenvalue weighted by Crippen LogP contribution is 2.11. The number of ether oxygens (including phenoxy) is 3. The second kappa shape index (κ2) is 4.46. The molecule has 1 aromatic heterocycles. The third kappa shape index (κ3) is 2.45. The molecule has 0 spiro atoms. The molecule has 0 aliphatic rings. The lowest BCUT2D eigenvalue weighted by atomic mass is 10.5. The van der Waals surface area contributed by atoms with Crippen LogP contribution in [0.1, 0.15) is 10.6 Å². The lowest BCUT2D eigenvalue weighted by Gasteiger charge is -1.96. The van der Waals surface area contributed by atoms with E-state index in [0.717, 1.165) is 0 Å². The van der Waals surface area contributed by atoms with E-state index in [9.17, 15) is 4.79 Å². The molecule has 72 valence electrons. The van der Waals surface area contributed by atoms with Crippen molar-refractivity contribution in [1.82, 2.24) is 5.16 Å². The first kappa shape index (κ1) is 9.53. The van der Waals surface area contributed by atoms with E-state index in [1.807, 2.05) is 0 Å². The van der Waals surface area contributed by atoms with Crippen LogP contribution in [0.3, 0.4) is 0 Å². The van der Waals surface area contributed by atoms with Gasteiger partial charge in [-0.3, -0.25) is 0 Å². The number of esters is 1. The fourth-order valence-electron chi connectivity index (χ4n) is 0.643. The van der Waals surface area contributed by atoms with Gasteiger partial charge in [0, 0.05) is 7.11 Å². The number of nitrogens with zero attached hydrogens (tertiary/aromatic N) is 1. The molecule has 1 rings (SSSR count). The molecule has 0 bridgehead atoms. The van der Waals surface area contributed by atoms with Gasteiger partial charge in [0.25, 0.3) is 5.88 Å². The second-order valence-electron chi connectivity index (χ2n) is 2.07. The average Bonchev–Trinajstić information content (AvgIpc) is 2.62. The van der Waals surface area contributed by atoms with Gasteiger partial charge in [-0.2, -0.15) is 0 Å². The van der Waals surface area contributed by atoms with E-state index in [-0.39, 0.29) is 18.4 Å². The summed E-state index contributed by atoms with van der Waals surface area (Å²) in [7, 11) is 2.72. The zero-order valence-corrected chi connectivity index (χ0v) is 7.27. The van der Waals surface area contributed by atoms with Crippen molar-refractivity contribution in [3.8, 4) is 5.88 Å². The van der Waals surface area contributed by atoms with Gasteiger partial charge in [-0.15, -0.1) is 0 Å². The number of carbonyl (C=O) groups excluding carboxylic acids is 1. The second-order valence-corrected chi connectivity index (χ2v) is 2.07. The molecule has 6 heteroatoms. The summed E-state index contributed by atoms with van der Waals surface area (Å²) in [5.74, 6) is -0.421. The molecule has 0 saturated carbocycles. The van der Waals surface area contributed by atoms with Crippen molar-refractivity contribution in [2.75, 3.05) is 21.0 Å². The van der Waals surface area contributed by atoms with Crippen molar-refractivity contribution >= 4 is 5.97 Å². The van der Waals surface area contributed by atoms with Gasteiger partial charge in [0.1, 0.15) is 0 Å². The molecular weight excluding hydrogens is 178 g/mol. The zero-order valence-electron chi connectivity index (χ0n) is 7.27. The van der Waals surface area contributed by atoms with E-state index in [0.29, 0.717) is 0 Å². The van der Waals surface area contributed by atoms with Crippen LogP contribution in [0.2, 0.25) is 0 Å². The molecule has 0 aromatic carbocycles. The maximum atomic E-state index is 10.9. The van der Waals surface area contributed by atoms with Crippen LogP contribution in [-0.2, 0) is 9.47 Å². The minimum atomic E-state index is -0.597. The van der Waals surface area contributed by atoms with Gasteiger partial charge in [-0.05, 0) is 5.16 Å². The van der Waals surface area contributed by atoms with Crippen LogP contribution in [0.4, 0.5) is 0 Å². The standard InChI is InChI=1S/C7H9NO5/c1-10-4-12-6-3-5(13-8-6)7(9)11-2/h3H,4H2,1-2H3. The Morgan fingerprint density at radius 1 is 1.62 bits per heavy atom. The third-order valence-electron chi connectivity index (χ3n) is 1.20. The Labute approximate surface area is 74.4 Å². The summed E-state index contributed by atoms with van der Waals surface area (Å²) in [4.78, 5) is 10.9. The van der Waals surface area contributed by atoms with Crippen LogP contribution in [-0.4, -0.2) is 32.1 Å². The summed E-state index contributed by atoms with van der Waals surface area (Å²) in [6.45, 7) is 0.0488. The predicted molar refractivity (Wildman–Crippen MR) is 40.3 cm³/mol.